The summed E-state index contributed by atoms with van der Waals surface area (Å²) in [7, 11) is -1.79. The fourth-order valence-electron chi connectivity index (χ4n) is 1.69. The van der Waals surface area contributed by atoms with Gasteiger partial charge in [0.2, 0.25) is 10.0 Å². The number of aryl methyl sites for hydroxylation is 1. The van der Waals surface area contributed by atoms with Gasteiger partial charge in [-0.05, 0) is 37.1 Å². The van der Waals surface area contributed by atoms with Gasteiger partial charge in [-0.2, -0.15) is 0 Å². The van der Waals surface area contributed by atoms with Crippen molar-refractivity contribution in [3.8, 4) is 0 Å². The largest absolute Gasteiger partial charge is 0.383 e. The lowest BCUT2D eigenvalue weighted by molar-refractivity contribution is 0.172. The Labute approximate surface area is 114 Å². The molecule has 0 bridgehead atoms. The lowest BCUT2D eigenvalue weighted by atomic mass is 10.2. The quantitative estimate of drug-likeness (QED) is 0.662. The van der Waals surface area contributed by atoms with Gasteiger partial charge in [0.1, 0.15) is 0 Å². The number of sulfonamides is 1. The van der Waals surface area contributed by atoms with Crippen molar-refractivity contribution < 1.29 is 13.2 Å². The van der Waals surface area contributed by atoms with Gasteiger partial charge in [0.15, 0.2) is 0 Å². The third-order valence-electron chi connectivity index (χ3n) is 2.64. The number of rotatable bonds is 9. The van der Waals surface area contributed by atoms with Crippen LogP contribution in [-0.2, 0) is 21.2 Å². The first-order valence-electron chi connectivity index (χ1n) is 6.15. The molecule has 0 fully saturated rings. The van der Waals surface area contributed by atoms with Gasteiger partial charge in [-0.1, -0.05) is 0 Å². The average Bonchev–Trinajstić information content (AvgIpc) is 2.38. The molecule has 0 aliphatic rings. The molecule has 3 N–H and O–H groups in total. The van der Waals surface area contributed by atoms with Crippen molar-refractivity contribution in [2.45, 2.75) is 18.9 Å². The number of nitrogens with zero attached hydrogens (tertiary/aromatic N) is 1. The van der Waals surface area contributed by atoms with Gasteiger partial charge < -0.3 is 10.5 Å². The number of hydrogen-bond acceptors (Lipinski definition) is 5. The van der Waals surface area contributed by atoms with Crippen molar-refractivity contribution in [2.75, 3.05) is 26.0 Å². The molecule has 1 unspecified atom stereocenters. The van der Waals surface area contributed by atoms with E-state index < -0.39 is 10.0 Å². The molecule has 0 aromatic carbocycles. The fraction of sp³-hybridized carbons (Fsp3) is 0.583. The van der Waals surface area contributed by atoms with Crippen LogP contribution in [0.4, 0.5) is 0 Å². The van der Waals surface area contributed by atoms with Crippen LogP contribution in [0.15, 0.2) is 24.5 Å². The zero-order valence-electron chi connectivity index (χ0n) is 11.1. The Bertz CT molecular complexity index is 445. The van der Waals surface area contributed by atoms with E-state index in [1.165, 1.54) is 7.11 Å². The highest BCUT2D eigenvalue weighted by molar-refractivity contribution is 7.89. The summed E-state index contributed by atoms with van der Waals surface area (Å²) in [5, 5.41) is 0. The molecule has 0 saturated carbocycles. The average molecular weight is 287 g/mol. The lowest BCUT2D eigenvalue weighted by Crippen LogP contribution is -2.40. The molecule has 0 saturated heterocycles. The van der Waals surface area contributed by atoms with E-state index in [1.54, 1.807) is 12.4 Å². The highest BCUT2D eigenvalue weighted by Gasteiger charge is 2.17. The molecule has 108 valence electrons. The molecule has 19 heavy (non-hydrogen) atoms. The number of hydrogen-bond donors (Lipinski definition) is 2. The van der Waals surface area contributed by atoms with Crippen molar-refractivity contribution in [3.63, 3.8) is 0 Å². The van der Waals surface area contributed by atoms with Gasteiger partial charge in [-0.3, -0.25) is 4.98 Å². The summed E-state index contributed by atoms with van der Waals surface area (Å²) in [4.78, 5) is 3.89. The molecule has 0 aliphatic heterocycles. The van der Waals surface area contributed by atoms with Crippen molar-refractivity contribution in [2.24, 2.45) is 5.73 Å². The minimum absolute atomic E-state index is 0.0435. The highest BCUT2D eigenvalue weighted by atomic mass is 32.2. The molecule has 1 atom stereocenters. The maximum absolute atomic E-state index is 11.9. The fourth-order valence-corrected chi connectivity index (χ4v) is 3.01. The van der Waals surface area contributed by atoms with Crippen molar-refractivity contribution in [1.29, 1.82) is 0 Å². The standard InChI is InChI=1S/C12H21N3O3S/c1-18-10-12(2-6-13)15-19(16,17)9-5-11-3-7-14-8-4-11/h3-4,7-8,12,15H,2,5-6,9-10,13H2,1H3. The minimum atomic E-state index is -3.33. The van der Waals surface area contributed by atoms with Crippen LogP contribution in [0, 0.1) is 0 Å². The zero-order chi connectivity index (χ0) is 14.1. The monoisotopic (exact) mass is 287 g/mol. The van der Waals surface area contributed by atoms with Crippen molar-refractivity contribution in [1.82, 2.24) is 9.71 Å². The predicted molar refractivity (Wildman–Crippen MR) is 74.2 cm³/mol. The van der Waals surface area contributed by atoms with Crippen LogP contribution >= 0.6 is 0 Å². The van der Waals surface area contributed by atoms with Gasteiger partial charge >= 0.3 is 0 Å². The van der Waals surface area contributed by atoms with E-state index in [0.717, 1.165) is 5.56 Å². The van der Waals surface area contributed by atoms with Gasteiger partial charge in [-0.15, -0.1) is 0 Å². The zero-order valence-corrected chi connectivity index (χ0v) is 11.9. The van der Waals surface area contributed by atoms with Gasteiger partial charge in [0.05, 0.1) is 12.4 Å². The van der Waals surface area contributed by atoms with E-state index in [-0.39, 0.29) is 11.8 Å². The van der Waals surface area contributed by atoms with Crippen LogP contribution < -0.4 is 10.5 Å². The van der Waals surface area contributed by atoms with Crippen LogP contribution in [0.2, 0.25) is 0 Å². The molecule has 6 nitrogen and oxygen atoms in total. The van der Waals surface area contributed by atoms with E-state index in [0.29, 0.717) is 26.0 Å². The molecule has 0 spiro atoms. The second kappa shape index (κ2) is 8.21. The molecule has 0 radical (unpaired) electrons. The number of aromatic nitrogens is 1. The van der Waals surface area contributed by atoms with Gasteiger partial charge in [0.25, 0.3) is 0 Å². The summed E-state index contributed by atoms with van der Waals surface area (Å²) in [6, 6.07) is 3.35. The minimum Gasteiger partial charge on any atom is -0.383 e. The van der Waals surface area contributed by atoms with E-state index in [4.69, 9.17) is 10.5 Å². The normalized spacial score (nSPS) is 13.4. The van der Waals surface area contributed by atoms with E-state index in [9.17, 15) is 8.42 Å². The Morgan fingerprint density at radius 2 is 2.11 bits per heavy atom. The summed E-state index contributed by atoms with van der Waals surface area (Å²) in [6.45, 7) is 0.743. The first-order valence-corrected chi connectivity index (χ1v) is 7.80. The van der Waals surface area contributed by atoms with Crippen LogP contribution in [-0.4, -0.2) is 45.5 Å². The molecule has 0 amide bonds. The van der Waals surface area contributed by atoms with E-state index >= 15 is 0 Å². The third kappa shape index (κ3) is 6.63. The Balaban J connectivity index is 2.50. The summed E-state index contributed by atoms with van der Waals surface area (Å²) < 4.78 is 31.5. The lowest BCUT2D eigenvalue weighted by Gasteiger charge is -2.17. The van der Waals surface area contributed by atoms with Gasteiger partial charge in [-0.25, -0.2) is 13.1 Å². The molecular weight excluding hydrogens is 266 g/mol. The maximum atomic E-state index is 11.9. The van der Waals surface area contributed by atoms with E-state index in [1.807, 2.05) is 12.1 Å². The highest BCUT2D eigenvalue weighted by Crippen LogP contribution is 2.02. The maximum Gasteiger partial charge on any atom is 0.212 e. The first kappa shape index (κ1) is 16.0. The molecule has 1 aromatic heterocycles. The summed E-state index contributed by atoms with van der Waals surface area (Å²) in [5.74, 6) is 0.0435. The molecule has 7 heteroatoms. The van der Waals surface area contributed by atoms with Crippen LogP contribution in [0.1, 0.15) is 12.0 Å². The molecule has 1 heterocycles. The molecule has 0 aliphatic carbocycles. The van der Waals surface area contributed by atoms with Crippen LogP contribution in [0.5, 0.6) is 0 Å². The van der Waals surface area contributed by atoms with Crippen molar-refractivity contribution >= 4 is 10.0 Å². The van der Waals surface area contributed by atoms with Crippen LogP contribution in [0.25, 0.3) is 0 Å². The molecule has 1 rings (SSSR count). The van der Waals surface area contributed by atoms with Crippen LogP contribution in [0.3, 0.4) is 0 Å². The number of nitrogens with one attached hydrogen (secondary N) is 1. The first-order chi connectivity index (χ1) is 9.07. The summed E-state index contributed by atoms with van der Waals surface area (Å²) in [5.41, 5.74) is 6.39. The Morgan fingerprint density at radius 3 is 2.68 bits per heavy atom. The number of pyridine rings is 1. The summed E-state index contributed by atoms with van der Waals surface area (Å²) >= 11 is 0. The number of ether oxygens (including phenoxy) is 1. The smallest absolute Gasteiger partial charge is 0.212 e. The Kier molecular flexibility index (Phi) is 6.93. The molecular formula is C12H21N3O3S. The second-order valence-electron chi connectivity index (χ2n) is 4.27. The van der Waals surface area contributed by atoms with E-state index in [2.05, 4.69) is 9.71 Å². The SMILES string of the molecule is COCC(CCN)NS(=O)(=O)CCc1ccncc1. The number of nitrogens with two attached hydrogens (primary N) is 1. The second-order valence-corrected chi connectivity index (χ2v) is 6.15. The third-order valence-corrected chi connectivity index (χ3v) is 4.07. The molecule has 1 aromatic rings. The Hall–Kier alpha value is -1.02. The predicted octanol–water partition coefficient (Wildman–Crippen LogP) is -0.0927. The van der Waals surface area contributed by atoms with Gasteiger partial charge in [0, 0.05) is 25.5 Å². The summed E-state index contributed by atoms with van der Waals surface area (Å²) in [6.07, 6.45) is 4.32. The number of methoxy groups -OCH3 is 1. The Morgan fingerprint density at radius 1 is 1.42 bits per heavy atom. The van der Waals surface area contributed by atoms with Crippen molar-refractivity contribution in [3.05, 3.63) is 30.1 Å². The topological polar surface area (TPSA) is 94.3 Å².